The van der Waals surface area contributed by atoms with Crippen LogP contribution in [0.15, 0.2) is 59.1 Å². The molecule has 3 atom stereocenters. The largest absolute Gasteiger partial charge is 0.486 e. The van der Waals surface area contributed by atoms with Gasteiger partial charge in [-0.2, -0.15) is 0 Å². The first kappa shape index (κ1) is 25.6. The molecule has 2 rings (SSSR count). The van der Waals surface area contributed by atoms with E-state index in [-0.39, 0.29) is 6.10 Å². The summed E-state index contributed by atoms with van der Waals surface area (Å²) >= 11 is 0. The maximum atomic E-state index is 6.29. The second-order valence-electron chi connectivity index (χ2n) is 9.29. The molecule has 0 aromatic carbocycles. The molecule has 0 aromatic rings. The molecule has 0 aromatic heterocycles. The van der Waals surface area contributed by atoms with Gasteiger partial charge >= 0.3 is 0 Å². The van der Waals surface area contributed by atoms with Crippen LogP contribution in [0.5, 0.6) is 0 Å². The van der Waals surface area contributed by atoms with Crippen LogP contribution in [0.3, 0.4) is 0 Å². The molecular formula is C29H47NO. The Labute approximate surface area is 192 Å². The summed E-state index contributed by atoms with van der Waals surface area (Å²) in [6.07, 6.45) is 27.1. The normalized spacial score (nSPS) is 23.4. The van der Waals surface area contributed by atoms with Crippen LogP contribution in [0, 0.1) is 11.8 Å². The molecule has 0 amide bonds. The molecule has 2 nitrogen and oxygen atoms in total. The van der Waals surface area contributed by atoms with Crippen LogP contribution in [0.2, 0.25) is 0 Å². The Balaban J connectivity index is 2.14. The molecule has 0 radical (unpaired) electrons. The highest BCUT2D eigenvalue weighted by atomic mass is 16.5. The topological polar surface area (TPSA) is 21.3 Å². The van der Waals surface area contributed by atoms with E-state index in [0.29, 0.717) is 0 Å². The molecule has 2 heteroatoms. The fourth-order valence-corrected chi connectivity index (χ4v) is 4.73. The smallest absolute Gasteiger partial charge is 0.143 e. The van der Waals surface area contributed by atoms with Gasteiger partial charge in [-0.15, -0.1) is 0 Å². The second kappa shape index (κ2) is 14.4. The minimum Gasteiger partial charge on any atom is -0.486 e. The van der Waals surface area contributed by atoms with Crippen LogP contribution in [0.4, 0.5) is 0 Å². The standard InChI is InChI=1S/C29H47NO/c1-6-10-12-16-25(15-11-7-2)26-18-13-17-24(19-20-26)23(5)21-29-28(14-8-3)30-22-27(9-4)31-29/h8,14,17,19-21,25-27,30H,6-7,9-13,15-16,18,22H2,1-5H3/b14-8-,23-21+. The van der Waals surface area contributed by atoms with Crippen molar-refractivity contribution in [3.05, 3.63) is 59.1 Å². The first-order valence-corrected chi connectivity index (χ1v) is 13.0. The predicted molar refractivity (Wildman–Crippen MR) is 136 cm³/mol. The molecule has 3 unspecified atom stereocenters. The molecule has 0 fully saturated rings. The SMILES string of the molecule is C/C=C\C1=C(/C=C(\C)C2=CCCC(C(CCCC)CCCCC)C=C2)OC(CC)CN1. The van der Waals surface area contributed by atoms with Gasteiger partial charge in [0.1, 0.15) is 11.9 Å². The zero-order valence-electron chi connectivity index (χ0n) is 20.9. The first-order chi connectivity index (χ1) is 15.1. The summed E-state index contributed by atoms with van der Waals surface area (Å²) in [5.41, 5.74) is 3.75. The third-order valence-corrected chi connectivity index (χ3v) is 6.77. The van der Waals surface area contributed by atoms with Gasteiger partial charge in [-0.05, 0) is 81.1 Å². The minimum absolute atomic E-state index is 0.249. The van der Waals surface area contributed by atoms with Gasteiger partial charge in [-0.1, -0.05) is 77.2 Å². The van der Waals surface area contributed by atoms with Crippen LogP contribution < -0.4 is 5.32 Å². The molecule has 1 aliphatic heterocycles. The maximum Gasteiger partial charge on any atom is 0.143 e. The van der Waals surface area contributed by atoms with Crippen LogP contribution in [0.1, 0.15) is 98.8 Å². The lowest BCUT2D eigenvalue weighted by atomic mass is 9.81. The highest BCUT2D eigenvalue weighted by Crippen LogP contribution is 2.33. The van der Waals surface area contributed by atoms with Gasteiger partial charge in [0, 0.05) is 0 Å². The molecule has 1 aliphatic carbocycles. The van der Waals surface area contributed by atoms with Crippen molar-refractivity contribution in [3.8, 4) is 0 Å². The zero-order valence-corrected chi connectivity index (χ0v) is 20.9. The lowest BCUT2D eigenvalue weighted by Crippen LogP contribution is -2.33. The molecule has 0 spiro atoms. The Hall–Kier alpha value is -1.70. The molecule has 0 bridgehead atoms. The fourth-order valence-electron chi connectivity index (χ4n) is 4.73. The van der Waals surface area contributed by atoms with E-state index < -0.39 is 0 Å². The third kappa shape index (κ3) is 8.39. The average molecular weight is 426 g/mol. The van der Waals surface area contributed by atoms with Crippen molar-refractivity contribution in [3.63, 3.8) is 0 Å². The third-order valence-electron chi connectivity index (χ3n) is 6.77. The van der Waals surface area contributed by atoms with Crippen molar-refractivity contribution < 1.29 is 4.74 Å². The van der Waals surface area contributed by atoms with E-state index in [1.54, 1.807) is 0 Å². The van der Waals surface area contributed by atoms with Gasteiger partial charge in [-0.25, -0.2) is 0 Å². The van der Waals surface area contributed by atoms with Crippen LogP contribution in [-0.4, -0.2) is 12.6 Å². The van der Waals surface area contributed by atoms with Crippen molar-refractivity contribution in [1.82, 2.24) is 5.32 Å². The molecule has 0 saturated carbocycles. The fraction of sp³-hybridized carbons (Fsp3) is 0.655. The highest BCUT2D eigenvalue weighted by molar-refractivity contribution is 5.44. The highest BCUT2D eigenvalue weighted by Gasteiger charge is 2.21. The van der Waals surface area contributed by atoms with Gasteiger partial charge in [0.05, 0.1) is 12.2 Å². The van der Waals surface area contributed by atoms with Crippen molar-refractivity contribution >= 4 is 0 Å². The Kier molecular flexibility index (Phi) is 11.9. The first-order valence-electron chi connectivity index (χ1n) is 13.0. The van der Waals surface area contributed by atoms with E-state index >= 15 is 0 Å². The maximum absolute atomic E-state index is 6.29. The molecule has 1 N–H and O–H groups in total. The van der Waals surface area contributed by atoms with Gasteiger partial charge in [0.2, 0.25) is 0 Å². The van der Waals surface area contributed by atoms with Crippen LogP contribution in [-0.2, 0) is 4.74 Å². The van der Waals surface area contributed by atoms with Crippen molar-refractivity contribution in [1.29, 1.82) is 0 Å². The second-order valence-corrected chi connectivity index (χ2v) is 9.29. The lowest BCUT2D eigenvalue weighted by molar-refractivity contribution is 0.105. The Morgan fingerprint density at radius 3 is 2.65 bits per heavy atom. The van der Waals surface area contributed by atoms with Crippen LogP contribution >= 0.6 is 0 Å². The number of nitrogens with one attached hydrogen (secondary N) is 1. The summed E-state index contributed by atoms with van der Waals surface area (Å²) in [4.78, 5) is 0. The van der Waals surface area contributed by atoms with E-state index in [2.05, 4.69) is 76.4 Å². The van der Waals surface area contributed by atoms with Crippen molar-refractivity contribution in [2.75, 3.05) is 6.54 Å². The Bertz CT molecular complexity index is 679. The number of rotatable bonds is 12. The number of allylic oxidation sites excluding steroid dienone is 8. The quantitative estimate of drug-likeness (QED) is 0.317. The molecule has 31 heavy (non-hydrogen) atoms. The van der Waals surface area contributed by atoms with E-state index in [9.17, 15) is 0 Å². The summed E-state index contributed by atoms with van der Waals surface area (Å²) in [6, 6.07) is 0. The number of unbranched alkanes of at least 4 members (excludes halogenated alkanes) is 3. The number of hydrogen-bond donors (Lipinski definition) is 1. The monoisotopic (exact) mass is 425 g/mol. The average Bonchev–Trinajstić information content (AvgIpc) is 3.04. The summed E-state index contributed by atoms with van der Waals surface area (Å²) in [5, 5.41) is 3.54. The Morgan fingerprint density at radius 2 is 1.94 bits per heavy atom. The van der Waals surface area contributed by atoms with Gasteiger partial charge in [-0.3, -0.25) is 0 Å². The summed E-state index contributed by atoms with van der Waals surface area (Å²) in [5.74, 6) is 2.55. The predicted octanol–water partition coefficient (Wildman–Crippen LogP) is 8.40. The molecule has 2 aliphatic rings. The number of ether oxygens (including phenoxy) is 1. The van der Waals surface area contributed by atoms with E-state index in [1.807, 2.05) is 0 Å². The van der Waals surface area contributed by atoms with Crippen LogP contribution in [0.25, 0.3) is 0 Å². The van der Waals surface area contributed by atoms with Gasteiger partial charge in [0.15, 0.2) is 0 Å². The summed E-state index contributed by atoms with van der Waals surface area (Å²) in [7, 11) is 0. The van der Waals surface area contributed by atoms with Crippen molar-refractivity contribution in [2.24, 2.45) is 11.8 Å². The summed E-state index contributed by atoms with van der Waals surface area (Å²) < 4.78 is 6.29. The molecule has 0 saturated heterocycles. The van der Waals surface area contributed by atoms with Gasteiger partial charge < -0.3 is 10.1 Å². The van der Waals surface area contributed by atoms with E-state index in [1.165, 1.54) is 68.9 Å². The molecule has 1 heterocycles. The lowest BCUT2D eigenvalue weighted by Gasteiger charge is -2.27. The summed E-state index contributed by atoms with van der Waals surface area (Å²) in [6.45, 7) is 12.0. The minimum atomic E-state index is 0.249. The Morgan fingerprint density at radius 1 is 1.16 bits per heavy atom. The van der Waals surface area contributed by atoms with E-state index in [0.717, 1.165) is 36.3 Å². The van der Waals surface area contributed by atoms with Gasteiger partial charge in [0.25, 0.3) is 0 Å². The van der Waals surface area contributed by atoms with Crippen molar-refractivity contribution in [2.45, 2.75) is 105 Å². The zero-order chi connectivity index (χ0) is 22.5. The van der Waals surface area contributed by atoms with E-state index in [4.69, 9.17) is 4.74 Å². The molecular weight excluding hydrogens is 378 g/mol. The number of hydrogen-bond acceptors (Lipinski definition) is 2. The molecule has 174 valence electrons.